The number of rotatable bonds is 2. The molecule has 0 radical (unpaired) electrons. The van der Waals surface area contributed by atoms with Crippen LogP contribution in [0.2, 0.25) is 0 Å². The van der Waals surface area contributed by atoms with Gasteiger partial charge in [0, 0.05) is 13.0 Å². The van der Waals surface area contributed by atoms with Gasteiger partial charge in [0.2, 0.25) is 5.69 Å². The van der Waals surface area contributed by atoms with Crippen molar-refractivity contribution in [1.29, 1.82) is 0 Å². The van der Waals surface area contributed by atoms with Crippen LogP contribution in [0.3, 0.4) is 0 Å². The van der Waals surface area contributed by atoms with Gasteiger partial charge < -0.3 is 0 Å². The fourth-order valence-electron chi connectivity index (χ4n) is 4.75. The molecular weight excluding hydrogens is 333 g/mol. The summed E-state index contributed by atoms with van der Waals surface area (Å²) in [6.45, 7) is 8.08. The van der Waals surface area contributed by atoms with Gasteiger partial charge in [-0.05, 0) is 73.2 Å². The van der Waals surface area contributed by atoms with Gasteiger partial charge in [-0.15, -0.1) is 0 Å². The zero-order valence-electron chi connectivity index (χ0n) is 17.1. The predicted octanol–water partition coefficient (Wildman–Crippen LogP) is 6.36. The molecule has 1 nitrogen and oxygen atoms in total. The highest BCUT2D eigenvalue weighted by Gasteiger charge is 2.26. The molecule has 2 heteroatoms. The lowest BCUT2D eigenvalue weighted by atomic mass is 9.91. The van der Waals surface area contributed by atoms with Crippen LogP contribution in [0.25, 0.3) is 22.0 Å². The molecule has 140 valence electrons. The van der Waals surface area contributed by atoms with Crippen LogP contribution in [0.15, 0.2) is 30.3 Å². The predicted molar refractivity (Wildman–Crippen MR) is 111 cm³/mol. The lowest BCUT2D eigenvalue weighted by Gasteiger charge is -2.16. The molecule has 3 aromatic rings. The van der Waals surface area contributed by atoms with Gasteiger partial charge in [-0.3, -0.25) is 0 Å². The fraction of sp³-hybridized carbons (Fsp3) is 0.400. The molecule has 1 aliphatic carbocycles. The summed E-state index contributed by atoms with van der Waals surface area (Å²) in [5, 5.41) is 2.36. The van der Waals surface area contributed by atoms with Crippen molar-refractivity contribution in [2.75, 3.05) is 0 Å². The lowest BCUT2D eigenvalue weighted by molar-refractivity contribution is -0.665. The van der Waals surface area contributed by atoms with Crippen LogP contribution in [0.5, 0.6) is 0 Å². The van der Waals surface area contributed by atoms with E-state index in [1.165, 1.54) is 36.6 Å². The van der Waals surface area contributed by atoms with Crippen LogP contribution in [0, 0.1) is 33.5 Å². The normalized spacial score (nSPS) is 15.0. The van der Waals surface area contributed by atoms with E-state index in [1.54, 1.807) is 0 Å². The van der Waals surface area contributed by atoms with E-state index in [9.17, 15) is 0 Å². The van der Waals surface area contributed by atoms with Crippen molar-refractivity contribution >= 4 is 10.8 Å². The van der Waals surface area contributed by atoms with Gasteiger partial charge in [0.15, 0.2) is 5.69 Å². The van der Waals surface area contributed by atoms with Gasteiger partial charge in [0.1, 0.15) is 12.9 Å². The Morgan fingerprint density at radius 1 is 0.926 bits per heavy atom. The van der Waals surface area contributed by atoms with Gasteiger partial charge in [-0.2, -0.15) is 4.57 Å². The van der Waals surface area contributed by atoms with Crippen molar-refractivity contribution in [3.8, 4) is 11.3 Å². The molecule has 0 saturated heterocycles. The Hall–Kier alpha value is -2.22. The van der Waals surface area contributed by atoms with E-state index < -0.39 is 0 Å². The second-order valence-corrected chi connectivity index (χ2v) is 8.35. The number of hydrogen-bond donors (Lipinski definition) is 0. The lowest BCUT2D eigenvalue weighted by Crippen LogP contribution is -2.35. The van der Waals surface area contributed by atoms with Crippen LogP contribution in [0.4, 0.5) is 4.39 Å². The number of fused-ring (bicyclic) bond motifs is 1. The summed E-state index contributed by atoms with van der Waals surface area (Å²) in [6.07, 6.45) is 5.26. The number of benzene rings is 2. The van der Waals surface area contributed by atoms with Gasteiger partial charge >= 0.3 is 0 Å². The first-order valence-electron chi connectivity index (χ1n) is 10.1. The maximum absolute atomic E-state index is 15.3. The Morgan fingerprint density at radius 3 is 2.33 bits per heavy atom. The molecule has 0 atom stereocenters. The van der Waals surface area contributed by atoms with E-state index >= 15 is 4.39 Å². The summed E-state index contributed by atoms with van der Waals surface area (Å²) in [5.41, 5.74) is 7.21. The number of aromatic nitrogens is 1. The van der Waals surface area contributed by atoms with Crippen LogP contribution in [-0.4, -0.2) is 0 Å². The smallest absolute Gasteiger partial charge is 0.206 e. The van der Waals surface area contributed by atoms with Crippen molar-refractivity contribution < 1.29 is 8.96 Å². The Kier molecular flexibility index (Phi) is 4.53. The van der Waals surface area contributed by atoms with Crippen LogP contribution >= 0.6 is 0 Å². The Morgan fingerprint density at radius 2 is 1.63 bits per heavy atom. The van der Waals surface area contributed by atoms with Crippen LogP contribution in [-0.2, 0) is 7.05 Å². The van der Waals surface area contributed by atoms with Gasteiger partial charge in [-0.1, -0.05) is 31.0 Å². The minimum atomic E-state index is -0.0968. The van der Waals surface area contributed by atoms with Crippen molar-refractivity contribution in [3.05, 3.63) is 64.1 Å². The van der Waals surface area contributed by atoms with E-state index in [0.29, 0.717) is 11.5 Å². The summed E-state index contributed by atoms with van der Waals surface area (Å²) >= 11 is 0. The maximum Gasteiger partial charge on any atom is 0.223 e. The van der Waals surface area contributed by atoms with Crippen molar-refractivity contribution in [3.63, 3.8) is 0 Å². The first-order valence-corrected chi connectivity index (χ1v) is 10.1. The van der Waals surface area contributed by atoms with Gasteiger partial charge in [-0.25, -0.2) is 4.39 Å². The van der Waals surface area contributed by atoms with E-state index in [-0.39, 0.29) is 5.82 Å². The van der Waals surface area contributed by atoms with E-state index in [0.717, 1.165) is 33.5 Å². The monoisotopic (exact) mass is 362 g/mol. The molecule has 1 heterocycles. The summed E-state index contributed by atoms with van der Waals surface area (Å²) in [4.78, 5) is 0. The van der Waals surface area contributed by atoms with Crippen molar-refractivity contribution in [1.82, 2.24) is 0 Å². The molecule has 0 unspecified atom stereocenters. The molecule has 1 saturated carbocycles. The fourth-order valence-corrected chi connectivity index (χ4v) is 4.75. The number of pyridine rings is 1. The van der Waals surface area contributed by atoms with Crippen molar-refractivity contribution in [2.45, 2.75) is 59.3 Å². The quantitative estimate of drug-likeness (QED) is 0.467. The zero-order valence-corrected chi connectivity index (χ0v) is 17.1. The SMILES string of the molecule is Cc1cc(C)c(F)c(-c2c3ccc(C4CCCC4)cc3cc(C)[n+]2C)c1C. The molecule has 0 N–H and O–H groups in total. The number of nitrogens with zero attached hydrogens (tertiary/aromatic N) is 1. The second kappa shape index (κ2) is 6.74. The molecule has 2 aromatic carbocycles. The number of aryl methyl sites for hydroxylation is 3. The molecule has 0 amide bonds. The number of hydrogen-bond acceptors (Lipinski definition) is 0. The van der Waals surface area contributed by atoms with Crippen molar-refractivity contribution in [2.24, 2.45) is 7.05 Å². The first kappa shape index (κ1) is 18.2. The van der Waals surface area contributed by atoms with E-state index in [2.05, 4.69) is 42.7 Å². The van der Waals surface area contributed by atoms with Crippen LogP contribution in [0.1, 0.15) is 59.5 Å². The third-order valence-electron chi connectivity index (χ3n) is 6.59. The molecular formula is C25H29FN+. The minimum absolute atomic E-state index is 0.0968. The minimum Gasteiger partial charge on any atom is -0.206 e. The zero-order chi connectivity index (χ0) is 19.3. The molecule has 0 bridgehead atoms. The molecule has 1 fully saturated rings. The molecule has 27 heavy (non-hydrogen) atoms. The first-order chi connectivity index (χ1) is 12.9. The largest absolute Gasteiger partial charge is 0.223 e. The van der Waals surface area contributed by atoms with E-state index in [1.807, 2.05) is 27.0 Å². The molecule has 0 spiro atoms. The third kappa shape index (κ3) is 2.96. The Labute approximate surface area is 161 Å². The third-order valence-corrected chi connectivity index (χ3v) is 6.59. The average Bonchev–Trinajstić information content (AvgIpc) is 3.17. The summed E-state index contributed by atoms with van der Waals surface area (Å²) < 4.78 is 17.4. The standard InChI is InChI=1S/C25H29FN/c1-15-12-16(2)24(26)23(18(15)4)25-22-11-10-20(19-8-6-7-9-19)14-21(22)13-17(3)27(25)5/h10-14,19H,6-9H2,1-5H3/q+1. The molecule has 1 aliphatic rings. The average molecular weight is 363 g/mol. The van der Waals surface area contributed by atoms with Gasteiger partial charge in [0.05, 0.1) is 10.9 Å². The molecule has 4 rings (SSSR count). The number of halogens is 1. The topological polar surface area (TPSA) is 3.88 Å². The highest BCUT2D eigenvalue weighted by Crippen LogP contribution is 2.38. The molecule has 0 aliphatic heterocycles. The summed E-state index contributed by atoms with van der Waals surface area (Å²) in [6, 6.07) is 11.0. The maximum atomic E-state index is 15.3. The summed E-state index contributed by atoms with van der Waals surface area (Å²) in [7, 11) is 2.05. The Bertz CT molecular complexity index is 1020. The summed E-state index contributed by atoms with van der Waals surface area (Å²) in [5.74, 6) is 0.590. The van der Waals surface area contributed by atoms with Gasteiger partial charge in [0.25, 0.3) is 0 Å². The van der Waals surface area contributed by atoms with Crippen LogP contribution < -0.4 is 4.57 Å². The Balaban J connectivity index is 2.02. The van der Waals surface area contributed by atoms with E-state index in [4.69, 9.17) is 0 Å². The molecule has 1 aromatic heterocycles. The second-order valence-electron chi connectivity index (χ2n) is 8.35. The highest BCUT2D eigenvalue weighted by molar-refractivity contribution is 5.94. The highest BCUT2D eigenvalue weighted by atomic mass is 19.1.